The van der Waals surface area contributed by atoms with Gasteiger partial charge in [0.25, 0.3) is 0 Å². The third-order valence-electron chi connectivity index (χ3n) is 5.06. The van der Waals surface area contributed by atoms with Crippen molar-refractivity contribution in [2.75, 3.05) is 6.54 Å². The van der Waals surface area contributed by atoms with Crippen LogP contribution in [0.2, 0.25) is 0 Å². The number of amides is 4. The van der Waals surface area contributed by atoms with Crippen molar-refractivity contribution < 1.29 is 28.7 Å². The minimum absolute atomic E-state index is 0.0872. The molecule has 4 amide bonds. The number of alkyl carbamates (subject to hydrolysis) is 1. The van der Waals surface area contributed by atoms with Gasteiger partial charge in [0.05, 0.1) is 6.04 Å². The van der Waals surface area contributed by atoms with Gasteiger partial charge in [-0.05, 0) is 58.6 Å². The summed E-state index contributed by atoms with van der Waals surface area (Å²) in [5.74, 6) is -1.89. The van der Waals surface area contributed by atoms with Gasteiger partial charge in [-0.2, -0.15) is 0 Å². The van der Waals surface area contributed by atoms with Crippen LogP contribution in [0, 0.1) is 0 Å². The number of hydrogen-bond acceptors (Lipinski definition) is 7. The van der Waals surface area contributed by atoms with Gasteiger partial charge >= 0.3 is 6.09 Å². The van der Waals surface area contributed by atoms with Gasteiger partial charge in [0, 0.05) is 12.8 Å². The molecule has 0 saturated heterocycles. The first-order valence-corrected chi connectivity index (χ1v) is 12.0. The van der Waals surface area contributed by atoms with Crippen LogP contribution in [-0.4, -0.2) is 60.4 Å². The van der Waals surface area contributed by atoms with Crippen LogP contribution in [0.15, 0.2) is 30.3 Å². The van der Waals surface area contributed by atoms with Gasteiger partial charge in [0.1, 0.15) is 24.0 Å². The maximum Gasteiger partial charge on any atom is 0.408 e. The second-order valence-electron chi connectivity index (χ2n) is 9.49. The standard InChI is InChI=1S/C25H39N5O6/c1-25(2,3)36-24(35)30-19(12-13-21(27)32)22(33)29-20(15-17-9-5-4-6-10-17)23(34)28-18(16-31)11-7-8-14-26/h4-6,9-10,16,18-20H,7-8,11-15,26H2,1-3H3,(H2,27,32)(H,28,34)(H,29,33)(H,30,35)/t18?,19-,20-/m0/s1. The Bertz CT molecular complexity index is 871. The summed E-state index contributed by atoms with van der Waals surface area (Å²) in [5, 5.41) is 7.75. The van der Waals surface area contributed by atoms with E-state index in [1.165, 1.54) is 0 Å². The van der Waals surface area contributed by atoms with Crippen LogP contribution in [0.1, 0.15) is 58.4 Å². The van der Waals surface area contributed by atoms with Crippen LogP contribution in [0.25, 0.3) is 0 Å². The van der Waals surface area contributed by atoms with Crippen LogP contribution < -0.4 is 27.4 Å². The number of benzene rings is 1. The molecule has 0 fully saturated rings. The molecule has 36 heavy (non-hydrogen) atoms. The molecule has 0 heterocycles. The van der Waals surface area contributed by atoms with E-state index in [-0.39, 0.29) is 19.3 Å². The summed E-state index contributed by atoms with van der Waals surface area (Å²) in [5.41, 5.74) is 10.7. The van der Waals surface area contributed by atoms with Gasteiger partial charge in [-0.25, -0.2) is 4.79 Å². The largest absolute Gasteiger partial charge is 0.444 e. The van der Waals surface area contributed by atoms with Crippen molar-refractivity contribution in [2.45, 2.75) is 83.0 Å². The molecule has 200 valence electrons. The van der Waals surface area contributed by atoms with E-state index in [0.29, 0.717) is 32.1 Å². The van der Waals surface area contributed by atoms with Gasteiger partial charge in [-0.1, -0.05) is 30.3 Å². The molecule has 0 aromatic heterocycles. The summed E-state index contributed by atoms with van der Waals surface area (Å²) >= 11 is 0. The van der Waals surface area contributed by atoms with Crippen LogP contribution in [0.3, 0.4) is 0 Å². The lowest BCUT2D eigenvalue weighted by molar-refractivity contribution is -0.131. The van der Waals surface area contributed by atoms with Crippen molar-refractivity contribution >= 4 is 30.1 Å². The molecule has 0 spiro atoms. The average Bonchev–Trinajstić information content (AvgIpc) is 2.79. The lowest BCUT2D eigenvalue weighted by atomic mass is 10.0. The van der Waals surface area contributed by atoms with Crippen LogP contribution in [0.5, 0.6) is 0 Å². The average molecular weight is 506 g/mol. The summed E-state index contributed by atoms with van der Waals surface area (Å²) in [4.78, 5) is 61.3. The van der Waals surface area contributed by atoms with E-state index in [1.807, 2.05) is 6.07 Å². The maximum absolute atomic E-state index is 13.1. The Hall–Kier alpha value is -3.47. The van der Waals surface area contributed by atoms with E-state index in [0.717, 1.165) is 5.56 Å². The molecular weight excluding hydrogens is 466 g/mol. The minimum atomic E-state index is -1.18. The summed E-state index contributed by atoms with van der Waals surface area (Å²) < 4.78 is 5.21. The molecule has 0 aliphatic rings. The summed E-state index contributed by atoms with van der Waals surface area (Å²) in [6.45, 7) is 5.48. The number of primary amides is 1. The van der Waals surface area contributed by atoms with Gasteiger partial charge in [0.15, 0.2) is 0 Å². The Balaban J connectivity index is 3.05. The molecule has 7 N–H and O–H groups in total. The van der Waals surface area contributed by atoms with E-state index in [9.17, 15) is 24.0 Å². The predicted octanol–water partition coefficient (Wildman–Crippen LogP) is 0.685. The summed E-state index contributed by atoms with van der Waals surface area (Å²) in [7, 11) is 0. The first-order chi connectivity index (χ1) is 16.9. The van der Waals surface area contributed by atoms with Gasteiger partial charge in [0.2, 0.25) is 17.7 Å². The number of carbonyl (C=O) groups is 5. The molecule has 0 bridgehead atoms. The third-order valence-corrected chi connectivity index (χ3v) is 5.06. The van der Waals surface area contributed by atoms with Crippen molar-refractivity contribution in [3.63, 3.8) is 0 Å². The van der Waals surface area contributed by atoms with Crippen molar-refractivity contribution in [2.24, 2.45) is 11.5 Å². The summed E-state index contributed by atoms with van der Waals surface area (Å²) in [6.07, 6.45) is 1.47. The van der Waals surface area contributed by atoms with Crippen molar-refractivity contribution in [3.8, 4) is 0 Å². The van der Waals surface area contributed by atoms with Crippen LogP contribution in [-0.2, 0) is 30.3 Å². The molecule has 3 atom stereocenters. The Morgan fingerprint density at radius 1 is 0.944 bits per heavy atom. The first kappa shape index (κ1) is 30.6. The zero-order valence-electron chi connectivity index (χ0n) is 21.3. The predicted molar refractivity (Wildman–Crippen MR) is 135 cm³/mol. The number of carbonyl (C=O) groups excluding carboxylic acids is 5. The third kappa shape index (κ3) is 12.8. The monoisotopic (exact) mass is 505 g/mol. The lowest BCUT2D eigenvalue weighted by Crippen LogP contribution is -2.56. The molecule has 0 aliphatic heterocycles. The molecule has 0 aliphatic carbocycles. The van der Waals surface area contributed by atoms with Gasteiger partial charge in [-0.15, -0.1) is 0 Å². The molecule has 11 heteroatoms. The van der Waals surface area contributed by atoms with Crippen LogP contribution >= 0.6 is 0 Å². The Kier molecular flexibility index (Phi) is 13.2. The van der Waals surface area contributed by atoms with E-state index < -0.39 is 47.5 Å². The second-order valence-corrected chi connectivity index (χ2v) is 9.49. The van der Waals surface area contributed by atoms with E-state index >= 15 is 0 Å². The molecule has 1 rings (SSSR count). The highest BCUT2D eigenvalue weighted by molar-refractivity contribution is 5.92. The number of unbranched alkanes of at least 4 members (excludes halogenated alkanes) is 1. The van der Waals surface area contributed by atoms with Gasteiger partial charge in [-0.3, -0.25) is 14.4 Å². The normalized spacial score (nSPS) is 13.6. The zero-order chi connectivity index (χ0) is 27.1. The Labute approximate surface area is 212 Å². The fourth-order valence-electron chi connectivity index (χ4n) is 3.30. The number of nitrogens with one attached hydrogen (secondary N) is 3. The Morgan fingerprint density at radius 2 is 1.58 bits per heavy atom. The van der Waals surface area contributed by atoms with E-state index in [1.54, 1.807) is 45.0 Å². The Morgan fingerprint density at radius 3 is 2.14 bits per heavy atom. The van der Waals surface area contributed by atoms with Gasteiger partial charge < -0.3 is 36.9 Å². The fourth-order valence-corrected chi connectivity index (χ4v) is 3.30. The van der Waals surface area contributed by atoms with E-state index in [4.69, 9.17) is 16.2 Å². The van der Waals surface area contributed by atoms with Crippen molar-refractivity contribution in [1.82, 2.24) is 16.0 Å². The number of aldehydes is 1. The SMILES string of the molecule is CC(C)(C)OC(=O)N[C@@H](CCC(N)=O)C(=O)N[C@@H](Cc1ccccc1)C(=O)NC(C=O)CCCCN. The number of nitrogens with two attached hydrogens (primary N) is 2. The first-order valence-electron chi connectivity index (χ1n) is 12.0. The highest BCUT2D eigenvalue weighted by Crippen LogP contribution is 2.09. The topological polar surface area (TPSA) is 183 Å². The molecule has 0 radical (unpaired) electrons. The second kappa shape index (κ2) is 15.5. The minimum Gasteiger partial charge on any atom is -0.444 e. The maximum atomic E-state index is 13.1. The van der Waals surface area contributed by atoms with Crippen molar-refractivity contribution in [3.05, 3.63) is 35.9 Å². The molecule has 1 aromatic carbocycles. The van der Waals surface area contributed by atoms with Crippen molar-refractivity contribution in [1.29, 1.82) is 0 Å². The smallest absolute Gasteiger partial charge is 0.408 e. The lowest BCUT2D eigenvalue weighted by Gasteiger charge is -2.26. The highest BCUT2D eigenvalue weighted by Gasteiger charge is 2.29. The number of ether oxygens (including phenoxy) is 1. The fraction of sp³-hybridized carbons (Fsp3) is 0.560. The summed E-state index contributed by atoms with van der Waals surface area (Å²) in [6, 6.07) is 6.06. The molecule has 1 unspecified atom stereocenters. The highest BCUT2D eigenvalue weighted by atomic mass is 16.6. The number of rotatable bonds is 15. The quantitative estimate of drug-likeness (QED) is 0.171. The van der Waals surface area contributed by atoms with E-state index in [2.05, 4.69) is 16.0 Å². The van der Waals surface area contributed by atoms with Crippen LogP contribution in [0.4, 0.5) is 4.79 Å². The molecule has 0 saturated carbocycles. The molecule has 1 aromatic rings. The zero-order valence-corrected chi connectivity index (χ0v) is 21.3. The number of hydrogen-bond donors (Lipinski definition) is 5. The molecular formula is C25H39N5O6. The molecule has 11 nitrogen and oxygen atoms in total.